The molecule has 0 saturated carbocycles. The van der Waals surface area contributed by atoms with Gasteiger partial charge in [-0.2, -0.15) is 10.2 Å². The smallest absolute Gasteiger partial charge is 0.0858 e. The zero-order chi connectivity index (χ0) is 25.7. The normalized spacial score (nSPS) is 11.2. The van der Waals surface area contributed by atoms with Crippen LogP contribution in [-0.2, 0) is 0 Å². The molecule has 0 N–H and O–H groups in total. The maximum absolute atomic E-state index is 4.46. The third-order valence-electron chi connectivity index (χ3n) is 6.36. The van der Waals surface area contributed by atoms with E-state index in [1.54, 1.807) is 0 Å². The van der Waals surface area contributed by atoms with Crippen LogP contribution in [-0.4, -0.2) is 42.3 Å². The van der Waals surface area contributed by atoms with E-state index >= 15 is 0 Å². The third kappa shape index (κ3) is 5.92. The fourth-order valence-electron chi connectivity index (χ4n) is 4.17. The van der Waals surface area contributed by atoms with Gasteiger partial charge >= 0.3 is 0 Å². The molecule has 0 bridgehead atoms. The summed E-state index contributed by atoms with van der Waals surface area (Å²) in [6.45, 7) is 0. The molecular formula is C31H35N5. The van der Waals surface area contributed by atoms with Crippen molar-refractivity contribution in [1.82, 2.24) is 0 Å². The van der Waals surface area contributed by atoms with Crippen molar-refractivity contribution in [3.8, 4) is 0 Å². The Morgan fingerprint density at radius 2 is 0.639 bits per heavy atom. The van der Waals surface area contributed by atoms with E-state index < -0.39 is 0 Å². The largest absolute Gasteiger partial charge is 0.378 e. The first-order chi connectivity index (χ1) is 17.3. The van der Waals surface area contributed by atoms with E-state index in [0.29, 0.717) is 0 Å². The molecule has 4 aromatic carbocycles. The highest BCUT2D eigenvalue weighted by atomic mass is 15.1. The molecule has 0 unspecified atom stereocenters. The molecule has 4 aromatic rings. The minimum Gasteiger partial charge on any atom is -0.378 e. The Labute approximate surface area is 215 Å². The molecule has 0 heterocycles. The first-order valence-corrected chi connectivity index (χ1v) is 12.2. The fraction of sp³-hybridized carbons (Fsp3) is 0.226. The van der Waals surface area contributed by atoms with Crippen LogP contribution < -0.4 is 14.7 Å². The SMILES string of the molecule is CN(C)c1ccc(N=Nc2ccc(C(c3ccc(N(C)C)cc3)c3ccc(N(C)C)cc3)cc2)cc1. The maximum atomic E-state index is 4.46. The predicted molar refractivity (Wildman–Crippen MR) is 154 cm³/mol. The van der Waals surface area contributed by atoms with Crippen LogP contribution in [0.25, 0.3) is 0 Å². The van der Waals surface area contributed by atoms with Gasteiger partial charge < -0.3 is 14.7 Å². The number of nitrogens with zero attached hydrogens (tertiary/aromatic N) is 5. The lowest BCUT2D eigenvalue weighted by atomic mass is 9.85. The predicted octanol–water partition coefficient (Wildman–Crippen LogP) is 7.48. The van der Waals surface area contributed by atoms with Gasteiger partial charge in [0.15, 0.2) is 0 Å². The van der Waals surface area contributed by atoms with Crippen molar-refractivity contribution in [3.63, 3.8) is 0 Å². The highest BCUT2D eigenvalue weighted by molar-refractivity contribution is 5.55. The number of hydrogen-bond acceptors (Lipinski definition) is 5. The first kappa shape index (κ1) is 25.0. The van der Waals surface area contributed by atoms with Crippen molar-refractivity contribution in [2.24, 2.45) is 10.2 Å². The van der Waals surface area contributed by atoms with Crippen molar-refractivity contribution in [3.05, 3.63) is 114 Å². The maximum Gasteiger partial charge on any atom is 0.0858 e. The Morgan fingerprint density at radius 3 is 0.944 bits per heavy atom. The van der Waals surface area contributed by atoms with Gasteiger partial charge in [-0.25, -0.2) is 0 Å². The van der Waals surface area contributed by atoms with E-state index in [4.69, 9.17) is 0 Å². The van der Waals surface area contributed by atoms with Crippen molar-refractivity contribution >= 4 is 28.4 Å². The van der Waals surface area contributed by atoms with Crippen LogP contribution in [0.2, 0.25) is 0 Å². The van der Waals surface area contributed by atoms with Gasteiger partial charge in [-0.15, -0.1) is 0 Å². The summed E-state index contributed by atoms with van der Waals surface area (Å²) in [4.78, 5) is 6.31. The minimum atomic E-state index is 0.127. The van der Waals surface area contributed by atoms with Crippen LogP contribution in [0.5, 0.6) is 0 Å². The van der Waals surface area contributed by atoms with Gasteiger partial charge in [0.25, 0.3) is 0 Å². The van der Waals surface area contributed by atoms with E-state index in [9.17, 15) is 0 Å². The molecule has 0 atom stereocenters. The van der Waals surface area contributed by atoms with Crippen molar-refractivity contribution in [1.29, 1.82) is 0 Å². The Morgan fingerprint density at radius 1 is 0.389 bits per heavy atom. The van der Waals surface area contributed by atoms with Gasteiger partial charge in [0, 0.05) is 65.3 Å². The number of rotatable bonds is 8. The summed E-state index contributed by atoms with van der Waals surface area (Å²) in [5.41, 5.74) is 8.93. The summed E-state index contributed by atoms with van der Waals surface area (Å²) in [7, 11) is 12.3. The van der Waals surface area contributed by atoms with Gasteiger partial charge in [-0.3, -0.25) is 0 Å². The van der Waals surface area contributed by atoms with Crippen LogP contribution >= 0.6 is 0 Å². The first-order valence-electron chi connectivity index (χ1n) is 12.2. The molecule has 0 saturated heterocycles. The standard InChI is InChI=1S/C31H35N5/c1-34(2)28-17-9-24(10-18-28)31(25-11-19-29(20-12-25)35(3)4)23-7-13-26(14-8-23)32-33-27-15-21-30(22-16-27)36(5)6/h7-22,31H,1-6H3. The highest BCUT2D eigenvalue weighted by Crippen LogP contribution is 2.35. The Balaban J connectivity index is 1.62. The molecule has 0 aliphatic rings. The zero-order valence-corrected chi connectivity index (χ0v) is 22.1. The summed E-state index contributed by atoms with van der Waals surface area (Å²) in [5, 5.41) is 8.88. The van der Waals surface area contributed by atoms with Crippen molar-refractivity contribution in [2.75, 3.05) is 57.0 Å². The third-order valence-corrected chi connectivity index (χ3v) is 6.36. The van der Waals surface area contributed by atoms with Gasteiger partial charge in [0.2, 0.25) is 0 Å². The second-order valence-corrected chi connectivity index (χ2v) is 9.61. The molecule has 184 valence electrons. The topological polar surface area (TPSA) is 34.4 Å². The van der Waals surface area contributed by atoms with Gasteiger partial charge in [0.05, 0.1) is 11.4 Å². The van der Waals surface area contributed by atoms with Crippen LogP contribution in [0, 0.1) is 0 Å². The van der Waals surface area contributed by atoms with E-state index in [-0.39, 0.29) is 5.92 Å². The van der Waals surface area contributed by atoms with Crippen LogP contribution in [0.4, 0.5) is 28.4 Å². The molecule has 4 rings (SSSR count). The van der Waals surface area contributed by atoms with E-state index in [0.717, 1.165) is 17.1 Å². The van der Waals surface area contributed by atoms with E-state index in [2.05, 4.69) is 114 Å². The lowest BCUT2D eigenvalue weighted by molar-refractivity contribution is 0.972. The monoisotopic (exact) mass is 477 g/mol. The van der Waals surface area contributed by atoms with Gasteiger partial charge in [0.1, 0.15) is 0 Å². The number of hydrogen-bond donors (Lipinski definition) is 0. The molecule has 36 heavy (non-hydrogen) atoms. The Hall–Kier alpha value is -4.12. The Bertz CT molecular complexity index is 1220. The molecule has 0 amide bonds. The molecule has 0 aliphatic heterocycles. The average molecular weight is 478 g/mol. The molecule has 0 aromatic heterocycles. The molecule has 0 aliphatic carbocycles. The van der Waals surface area contributed by atoms with Gasteiger partial charge in [-0.1, -0.05) is 36.4 Å². The molecule has 0 fully saturated rings. The number of azo groups is 1. The summed E-state index contributed by atoms with van der Waals surface area (Å²) in [5.74, 6) is 0.127. The fourth-order valence-corrected chi connectivity index (χ4v) is 4.17. The molecule has 0 spiro atoms. The second kappa shape index (κ2) is 11.1. The van der Waals surface area contributed by atoms with E-state index in [1.165, 1.54) is 28.1 Å². The Kier molecular flexibility index (Phi) is 7.69. The average Bonchev–Trinajstić information content (AvgIpc) is 2.89. The quantitative estimate of drug-likeness (QED) is 0.195. The molecule has 0 radical (unpaired) electrons. The second-order valence-electron chi connectivity index (χ2n) is 9.61. The van der Waals surface area contributed by atoms with Crippen LogP contribution in [0.1, 0.15) is 22.6 Å². The van der Waals surface area contributed by atoms with Gasteiger partial charge in [-0.05, 0) is 77.4 Å². The minimum absolute atomic E-state index is 0.127. The molecule has 5 heteroatoms. The summed E-state index contributed by atoms with van der Waals surface area (Å²) in [6.07, 6.45) is 0. The molecule has 5 nitrogen and oxygen atoms in total. The van der Waals surface area contributed by atoms with E-state index in [1.807, 2.05) is 50.5 Å². The lowest BCUT2D eigenvalue weighted by Gasteiger charge is -2.21. The summed E-state index contributed by atoms with van der Waals surface area (Å²) < 4.78 is 0. The van der Waals surface area contributed by atoms with Crippen molar-refractivity contribution in [2.45, 2.75) is 5.92 Å². The lowest BCUT2D eigenvalue weighted by Crippen LogP contribution is -2.10. The number of benzene rings is 4. The van der Waals surface area contributed by atoms with Crippen molar-refractivity contribution < 1.29 is 0 Å². The molecular weight excluding hydrogens is 442 g/mol. The number of anilines is 3. The van der Waals surface area contributed by atoms with Crippen LogP contribution in [0.3, 0.4) is 0 Å². The zero-order valence-electron chi connectivity index (χ0n) is 22.1. The summed E-state index contributed by atoms with van der Waals surface area (Å²) >= 11 is 0. The highest BCUT2D eigenvalue weighted by Gasteiger charge is 2.17. The summed E-state index contributed by atoms with van der Waals surface area (Å²) in [6, 6.07) is 34.1. The van der Waals surface area contributed by atoms with Crippen LogP contribution in [0.15, 0.2) is 107 Å².